The number of hydrogen-bond acceptors (Lipinski definition) is 3. The van der Waals surface area contributed by atoms with Gasteiger partial charge in [-0.3, -0.25) is 0 Å². The van der Waals surface area contributed by atoms with Gasteiger partial charge in [0.25, 0.3) is 0 Å². The molecule has 0 aromatic rings. The molecule has 0 radical (unpaired) electrons. The van der Waals surface area contributed by atoms with Gasteiger partial charge in [-0.25, -0.2) is 0 Å². The van der Waals surface area contributed by atoms with E-state index in [1.165, 1.54) is 12.8 Å². The van der Waals surface area contributed by atoms with Crippen LogP contribution in [0, 0.1) is 0 Å². The summed E-state index contributed by atoms with van der Waals surface area (Å²) in [6.07, 6.45) is 0.472. The Balaban J connectivity index is 0. The van der Waals surface area contributed by atoms with Gasteiger partial charge in [-0.1, -0.05) is 0 Å². The summed E-state index contributed by atoms with van der Waals surface area (Å²) in [4.78, 5) is 8.44. The molecule has 0 aromatic heterocycles. The maximum absolute atomic E-state index is 8.44. The molecule has 1 aliphatic rings. The maximum Gasteiger partial charge on any atom is 1.00 e. The number of carboxylic acid groups (broad SMARTS) is 2. The van der Waals surface area contributed by atoms with Crippen molar-refractivity contribution in [3.8, 4) is 0 Å². The van der Waals surface area contributed by atoms with Gasteiger partial charge in [-0.15, -0.1) is 0 Å². The minimum absolute atomic E-state index is 0. The molecule has 1 heterocycles. The van der Waals surface area contributed by atoms with Crippen LogP contribution in [0.25, 0.3) is 0 Å². The largest absolute Gasteiger partial charge is 1.00 e. The minimum atomic E-state index is -2.08. The van der Waals surface area contributed by atoms with Gasteiger partial charge in [0.1, 0.15) is 0 Å². The fraction of sp³-hybridized carbons (Fsp3) is 0.800. The average molecular weight is 172 g/mol. The molecule has 10 heavy (non-hydrogen) atoms. The third kappa shape index (κ3) is 15.9. The van der Waals surface area contributed by atoms with Crippen LogP contribution in [0.2, 0.25) is 0 Å². The summed E-state index contributed by atoms with van der Waals surface area (Å²) in [5.41, 5.74) is 0. The first-order chi connectivity index (χ1) is 4.23. The van der Waals surface area contributed by atoms with Gasteiger partial charge in [-0.2, -0.15) is 0 Å². The molecule has 1 fully saturated rings. The molecule has 0 atom stereocenters. The molecule has 4 nitrogen and oxygen atoms in total. The standard InChI is InChI=1S/C4H8O.CH2O3.K/c1-2-4-5-3-1;2-1(3)4;/h1-4H2;(H2,2,3,4);/q;;+1/p-1. The summed E-state index contributed by atoms with van der Waals surface area (Å²) in [6.45, 7) is 2.00. The molecule has 0 spiro atoms. The maximum atomic E-state index is 8.44. The first-order valence-corrected chi connectivity index (χ1v) is 2.71. The second kappa shape index (κ2) is 9.87. The molecule has 54 valence electrons. The van der Waals surface area contributed by atoms with Gasteiger partial charge in [0.2, 0.25) is 6.16 Å². The number of rotatable bonds is 0. The van der Waals surface area contributed by atoms with Crippen molar-refractivity contribution in [3.05, 3.63) is 0 Å². The molecule has 1 saturated heterocycles. The van der Waals surface area contributed by atoms with Crippen LogP contribution in [-0.4, -0.2) is 24.5 Å². The molecule has 0 saturated carbocycles. The van der Waals surface area contributed by atoms with Crippen LogP contribution >= 0.6 is 0 Å². The molecule has 0 aromatic carbocycles. The molecule has 1 aliphatic heterocycles. The summed E-state index contributed by atoms with van der Waals surface area (Å²) in [6, 6.07) is 0. The minimum Gasteiger partial charge on any atom is -0.565 e. The molecule has 1 rings (SSSR count). The molecular formula is C5H9KO4. The number of ether oxygens (including phenoxy) is 1. The zero-order chi connectivity index (χ0) is 7.11. The Morgan fingerprint density at radius 1 is 1.40 bits per heavy atom. The predicted molar refractivity (Wildman–Crippen MR) is 28.1 cm³/mol. The van der Waals surface area contributed by atoms with Gasteiger partial charge >= 0.3 is 51.4 Å². The summed E-state index contributed by atoms with van der Waals surface area (Å²) in [5.74, 6) is 0. The van der Waals surface area contributed by atoms with Crippen LogP contribution in [0.4, 0.5) is 4.79 Å². The summed E-state index contributed by atoms with van der Waals surface area (Å²) in [5, 5.41) is 15.3. The van der Waals surface area contributed by atoms with Crippen molar-refractivity contribution in [1.29, 1.82) is 0 Å². The van der Waals surface area contributed by atoms with Crippen molar-refractivity contribution in [2.75, 3.05) is 13.2 Å². The molecule has 0 aliphatic carbocycles. The van der Waals surface area contributed by atoms with E-state index in [0.717, 1.165) is 13.2 Å². The molecule has 0 unspecified atom stereocenters. The van der Waals surface area contributed by atoms with Crippen LogP contribution in [0.15, 0.2) is 0 Å². The average Bonchev–Trinajstić information content (AvgIpc) is 2.11. The topological polar surface area (TPSA) is 69.6 Å². The van der Waals surface area contributed by atoms with Crippen molar-refractivity contribution >= 4 is 6.16 Å². The normalized spacial score (nSPS) is 14.4. The van der Waals surface area contributed by atoms with E-state index in [1.807, 2.05) is 0 Å². The van der Waals surface area contributed by atoms with Crippen LogP contribution in [-0.2, 0) is 4.74 Å². The third-order valence-electron chi connectivity index (χ3n) is 0.827. The van der Waals surface area contributed by atoms with E-state index in [2.05, 4.69) is 0 Å². The Morgan fingerprint density at radius 2 is 1.70 bits per heavy atom. The first-order valence-electron chi connectivity index (χ1n) is 2.71. The molecular weight excluding hydrogens is 163 g/mol. The molecule has 5 heteroatoms. The quantitative estimate of drug-likeness (QED) is 0.388. The Morgan fingerprint density at radius 3 is 1.80 bits per heavy atom. The fourth-order valence-electron chi connectivity index (χ4n) is 0.510. The second-order valence-corrected chi connectivity index (χ2v) is 1.59. The third-order valence-corrected chi connectivity index (χ3v) is 0.827. The van der Waals surface area contributed by atoms with Gasteiger partial charge < -0.3 is 19.7 Å². The smallest absolute Gasteiger partial charge is 0.565 e. The summed E-state index contributed by atoms with van der Waals surface area (Å²) < 4.78 is 4.94. The van der Waals surface area contributed by atoms with E-state index in [1.54, 1.807) is 0 Å². The van der Waals surface area contributed by atoms with Crippen LogP contribution in [0.3, 0.4) is 0 Å². The first kappa shape index (κ1) is 13.5. The van der Waals surface area contributed by atoms with Gasteiger partial charge in [0.05, 0.1) is 0 Å². The summed E-state index contributed by atoms with van der Waals surface area (Å²) in [7, 11) is 0. The Kier molecular flexibility index (Phi) is 13.3. The van der Waals surface area contributed by atoms with Gasteiger partial charge in [0.15, 0.2) is 0 Å². The fourth-order valence-corrected chi connectivity index (χ4v) is 0.510. The van der Waals surface area contributed by atoms with E-state index >= 15 is 0 Å². The number of hydrogen-bond donors (Lipinski definition) is 1. The molecule has 0 bridgehead atoms. The molecule has 0 amide bonds. The monoisotopic (exact) mass is 172 g/mol. The van der Waals surface area contributed by atoms with Crippen molar-refractivity contribution in [2.45, 2.75) is 12.8 Å². The summed E-state index contributed by atoms with van der Waals surface area (Å²) >= 11 is 0. The zero-order valence-corrected chi connectivity index (χ0v) is 9.12. The SMILES string of the molecule is C1CCOC1.O=C([O-])O.[K+]. The van der Waals surface area contributed by atoms with E-state index in [4.69, 9.17) is 19.7 Å². The molecule has 1 N–H and O–H groups in total. The van der Waals surface area contributed by atoms with Crippen molar-refractivity contribution in [2.24, 2.45) is 0 Å². The van der Waals surface area contributed by atoms with Crippen molar-refractivity contribution < 1.29 is 71.1 Å². The van der Waals surface area contributed by atoms with Gasteiger partial charge in [0, 0.05) is 13.2 Å². The van der Waals surface area contributed by atoms with E-state index in [0.29, 0.717) is 0 Å². The van der Waals surface area contributed by atoms with Crippen molar-refractivity contribution in [3.63, 3.8) is 0 Å². The Labute approximate surface area is 102 Å². The number of carbonyl (C=O) groups is 1. The van der Waals surface area contributed by atoms with Crippen LogP contribution in [0.5, 0.6) is 0 Å². The Bertz CT molecular complexity index is 70.1. The second-order valence-electron chi connectivity index (χ2n) is 1.59. The van der Waals surface area contributed by atoms with Crippen LogP contribution in [0.1, 0.15) is 12.8 Å². The van der Waals surface area contributed by atoms with E-state index < -0.39 is 6.16 Å². The van der Waals surface area contributed by atoms with Gasteiger partial charge in [-0.05, 0) is 12.8 Å². The van der Waals surface area contributed by atoms with E-state index in [9.17, 15) is 0 Å². The Hall–Kier alpha value is 0.866. The predicted octanol–water partition coefficient (Wildman–Crippen LogP) is -3.31. The zero-order valence-electron chi connectivity index (χ0n) is 6.00. The van der Waals surface area contributed by atoms with Crippen LogP contribution < -0.4 is 56.5 Å². The van der Waals surface area contributed by atoms with E-state index in [-0.39, 0.29) is 51.4 Å². The van der Waals surface area contributed by atoms with Crippen molar-refractivity contribution in [1.82, 2.24) is 0 Å².